The largest absolute Gasteiger partial charge is 0.444 e. The highest BCUT2D eigenvalue weighted by Crippen LogP contribution is 2.19. The maximum Gasteiger partial charge on any atom is 0.226 e. The number of rotatable bonds is 6. The number of aryl methyl sites for hydroxylation is 2. The molecule has 0 aliphatic heterocycles. The average molecular weight is 371 g/mol. The molecule has 2 heterocycles. The Morgan fingerprint density at radius 3 is 2.59 bits per heavy atom. The molecule has 7 nitrogen and oxygen atoms in total. The summed E-state index contributed by atoms with van der Waals surface area (Å²) in [4.78, 5) is 12.9. The summed E-state index contributed by atoms with van der Waals surface area (Å²) in [6.07, 6.45) is 2.26. The van der Waals surface area contributed by atoms with Crippen molar-refractivity contribution in [1.29, 1.82) is 0 Å². The molecular weight excluding hydrogens is 349 g/mol. The van der Waals surface area contributed by atoms with Crippen LogP contribution in [0.3, 0.4) is 0 Å². The van der Waals surface area contributed by atoms with Crippen molar-refractivity contribution in [3.05, 3.63) is 59.4 Å². The van der Waals surface area contributed by atoms with Crippen LogP contribution in [0.1, 0.15) is 23.0 Å². The zero-order valence-electron chi connectivity index (χ0n) is 15.5. The zero-order valence-corrected chi connectivity index (χ0v) is 15.5. The molecule has 0 saturated heterocycles. The van der Waals surface area contributed by atoms with Crippen molar-refractivity contribution in [1.82, 2.24) is 20.6 Å². The van der Waals surface area contributed by atoms with E-state index in [9.17, 15) is 4.39 Å². The van der Waals surface area contributed by atoms with Gasteiger partial charge in [0.15, 0.2) is 5.96 Å². The van der Waals surface area contributed by atoms with Gasteiger partial charge in [-0.1, -0.05) is 0 Å². The van der Waals surface area contributed by atoms with Crippen molar-refractivity contribution in [2.24, 2.45) is 4.99 Å². The number of nitrogens with zero attached hydrogens (tertiary/aromatic N) is 3. The SMILES string of the molecule is CN=C(NCCc1coc(-c2ccc(F)cc2)n1)NCc1nc(C)c(C)o1. The van der Waals surface area contributed by atoms with E-state index in [2.05, 4.69) is 25.6 Å². The van der Waals surface area contributed by atoms with Gasteiger partial charge in [-0.2, -0.15) is 0 Å². The summed E-state index contributed by atoms with van der Waals surface area (Å²) in [7, 11) is 1.70. The normalized spacial score (nSPS) is 11.6. The maximum absolute atomic E-state index is 13.0. The van der Waals surface area contributed by atoms with Crippen molar-refractivity contribution in [3.63, 3.8) is 0 Å². The molecule has 0 amide bonds. The van der Waals surface area contributed by atoms with Crippen LogP contribution in [0.4, 0.5) is 4.39 Å². The summed E-state index contributed by atoms with van der Waals surface area (Å²) in [6, 6.07) is 6.04. The van der Waals surface area contributed by atoms with Crippen LogP contribution >= 0.6 is 0 Å². The summed E-state index contributed by atoms with van der Waals surface area (Å²) < 4.78 is 24.0. The summed E-state index contributed by atoms with van der Waals surface area (Å²) in [5.41, 5.74) is 2.43. The van der Waals surface area contributed by atoms with Crippen LogP contribution in [0.2, 0.25) is 0 Å². The number of nitrogens with one attached hydrogen (secondary N) is 2. The minimum absolute atomic E-state index is 0.288. The van der Waals surface area contributed by atoms with Gasteiger partial charge < -0.3 is 19.5 Å². The molecular formula is C19H22FN5O2. The van der Waals surface area contributed by atoms with E-state index in [-0.39, 0.29) is 5.82 Å². The molecule has 0 unspecified atom stereocenters. The number of halogens is 1. The van der Waals surface area contributed by atoms with Crippen LogP contribution in [0, 0.1) is 19.7 Å². The van der Waals surface area contributed by atoms with Crippen molar-refractivity contribution in [2.45, 2.75) is 26.8 Å². The lowest BCUT2D eigenvalue weighted by Gasteiger charge is -2.09. The Kier molecular flexibility index (Phi) is 5.85. The number of aromatic nitrogens is 2. The third kappa shape index (κ3) is 4.93. The van der Waals surface area contributed by atoms with Gasteiger partial charge in [0, 0.05) is 25.6 Å². The predicted molar refractivity (Wildman–Crippen MR) is 99.8 cm³/mol. The van der Waals surface area contributed by atoms with Crippen LogP contribution < -0.4 is 10.6 Å². The van der Waals surface area contributed by atoms with Crippen molar-refractivity contribution in [2.75, 3.05) is 13.6 Å². The Balaban J connectivity index is 1.47. The number of hydrogen-bond acceptors (Lipinski definition) is 5. The minimum Gasteiger partial charge on any atom is -0.444 e. The molecule has 0 saturated carbocycles. The first-order chi connectivity index (χ1) is 13.0. The van der Waals surface area contributed by atoms with Crippen LogP contribution in [-0.2, 0) is 13.0 Å². The van der Waals surface area contributed by atoms with Gasteiger partial charge in [0.25, 0.3) is 0 Å². The van der Waals surface area contributed by atoms with E-state index in [1.807, 2.05) is 13.8 Å². The monoisotopic (exact) mass is 371 g/mol. The molecule has 8 heteroatoms. The van der Waals surface area contributed by atoms with Crippen molar-refractivity contribution < 1.29 is 13.2 Å². The van der Waals surface area contributed by atoms with Crippen molar-refractivity contribution in [3.8, 4) is 11.5 Å². The van der Waals surface area contributed by atoms with E-state index in [4.69, 9.17) is 8.83 Å². The lowest BCUT2D eigenvalue weighted by atomic mass is 10.2. The van der Waals surface area contributed by atoms with Gasteiger partial charge >= 0.3 is 0 Å². The summed E-state index contributed by atoms with van der Waals surface area (Å²) in [6.45, 7) is 4.87. The van der Waals surface area contributed by atoms with Gasteiger partial charge in [-0.05, 0) is 38.1 Å². The zero-order chi connectivity index (χ0) is 19.2. The molecule has 0 aliphatic rings. The van der Waals surface area contributed by atoms with Crippen LogP contribution in [0.25, 0.3) is 11.5 Å². The molecule has 2 aromatic heterocycles. The molecule has 142 valence electrons. The highest BCUT2D eigenvalue weighted by molar-refractivity contribution is 5.79. The lowest BCUT2D eigenvalue weighted by Crippen LogP contribution is -2.37. The Morgan fingerprint density at radius 1 is 1.15 bits per heavy atom. The van der Waals surface area contributed by atoms with E-state index in [1.54, 1.807) is 25.4 Å². The molecule has 27 heavy (non-hydrogen) atoms. The summed E-state index contributed by atoms with van der Waals surface area (Å²) in [5, 5.41) is 6.36. The van der Waals surface area contributed by atoms with Crippen LogP contribution in [0.15, 0.2) is 44.4 Å². The molecule has 0 aliphatic carbocycles. The lowest BCUT2D eigenvalue weighted by molar-refractivity contribution is 0.463. The first kappa shape index (κ1) is 18.6. The highest BCUT2D eigenvalue weighted by atomic mass is 19.1. The Bertz CT molecular complexity index is 895. The second-order valence-electron chi connectivity index (χ2n) is 6.00. The van der Waals surface area contributed by atoms with Gasteiger partial charge in [-0.25, -0.2) is 14.4 Å². The fraction of sp³-hybridized carbons (Fsp3) is 0.316. The Morgan fingerprint density at radius 2 is 1.93 bits per heavy atom. The Hall–Kier alpha value is -3.16. The standard InChI is InChI=1S/C19H22FN5O2/c1-12-13(2)27-17(24-12)10-23-19(21-3)22-9-8-16-11-26-18(25-16)14-4-6-15(20)7-5-14/h4-7,11H,8-10H2,1-3H3,(H2,21,22,23). The molecule has 3 aromatic rings. The number of aliphatic imine (C=N–C) groups is 1. The first-order valence-corrected chi connectivity index (χ1v) is 8.63. The van der Waals surface area contributed by atoms with Gasteiger partial charge in [0.05, 0.1) is 17.9 Å². The third-order valence-electron chi connectivity index (χ3n) is 4.02. The van der Waals surface area contributed by atoms with Gasteiger partial charge in [-0.15, -0.1) is 0 Å². The molecule has 0 radical (unpaired) electrons. The van der Waals surface area contributed by atoms with E-state index < -0.39 is 0 Å². The van der Waals surface area contributed by atoms with Crippen LogP contribution in [-0.4, -0.2) is 29.5 Å². The molecule has 0 fully saturated rings. The molecule has 0 bridgehead atoms. The highest BCUT2D eigenvalue weighted by Gasteiger charge is 2.08. The smallest absolute Gasteiger partial charge is 0.226 e. The van der Waals surface area contributed by atoms with Crippen LogP contribution in [0.5, 0.6) is 0 Å². The van der Waals surface area contributed by atoms with E-state index >= 15 is 0 Å². The molecule has 3 rings (SSSR count). The maximum atomic E-state index is 13.0. The first-order valence-electron chi connectivity index (χ1n) is 8.63. The minimum atomic E-state index is -0.288. The summed E-state index contributed by atoms with van der Waals surface area (Å²) >= 11 is 0. The van der Waals surface area contributed by atoms with Gasteiger partial charge in [0.2, 0.25) is 11.8 Å². The third-order valence-corrected chi connectivity index (χ3v) is 4.02. The van der Waals surface area contributed by atoms with Crippen molar-refractivity contribution >= 4 is 5.96 Å². The average Bonchev–Trinajstić information content (AvgIpc) is 3.25. The number of hydrogen-bond donors (Lipinski definition) is 2. The molecule has 2 N–H and O–H groups in total. The van der Waals surface area contributed by atoms with E-state index in [1.165, 1.54) is 12.1 Å². The van der Waals surface area contributed by atoms with Gasteiger partial charge in [0.1, 0.15) is 17.8 Å². The van der Waals surface area contributed by atoms with Gasteiger partial charge in [-0.3, -0.25) is 4.99 Å². The predicted octanol–water partition coefficient (Wildman–Crippen LogP) is 2.99. The molecule has 1 aromatic carbocycles. The quantitative estimate of drug-likeness (QED) is 0.512. The number of oxazole rings is 2. The fourth-order valence-electron chi connectivity index (χ4n) is 2.45. The molecule has 0 atom stereocenters. The van der Waals surface area contributed by atoms with E-state index in [0.29, 0.717) is 37.3 Å². The topological polar surface area (TPSA) is 88.5 Å². The second kappa shape index (κ2) is 8.48. The number of benzene rings is 1. The Labute approximate surface area is 156 Å². The molecule has 0 spiro atoms. The summed E-state index contributed by atoms with van der Waals surface area (Å²) in [5.74, 6) is 2.27. The second-order valence-corrected chi connectivity index (χ2v) is 6.00. The number of guanidine groups is 1. The van der Waals surface area contributed by atoms with E-state index in [0.717, 1.165) is 22.7 Å². The fourth-order valence-corrected chi connectivity index (χ4v) is 2.45.